The first-order valence-corrected chi connectivity index (χ1v) is 8.39. The summed E-state index contributed by atoms with van der Waals surface area (Å²) in [6.07, 6.45) is 0. The van der Waals surface area contributed by atoms with Gasteiger partial charge in [-0.15, -0.1) is 0 Å². The summed E-state index contributed by atoms with van der Waals surface area (Å²) in [4.78, 5) is -0.220. The van der Waals surface area contributed by atoms with Crippen LogP contribution in [-0.2, 0) is 16.6 Å². The van der Waals surface area contributed by atoms with E-state index in [9.17, 15) is 12.8 Å². The van der Waals surface area contributed by atoms with Crippen LogP contribution in [0.3, 0.4) is 0 Å². The van der Waals surface area contributed by atoms with E-state index in [1.165, 1.54) is 30.3 Å². The topological polar surface area (TPSA) is 69.4 Å². The molecule has 0 atom stereocenters. The molecule has 0 bridgehead atoms. The van der Waals surface area contributed by atoms with Gasteiger partial charge in [0, 0.05) is 10.6 Å². The highest BCUT2D eigenvalue weighted by molar-refractivity contribution is 9.10. The number of primary sulfonamides is 1. The number of halogens is 3. The fourth-order valence-electron chi connectivity index (χ4n) is 1.64. The maximum absolute atomic E-state index is 13.4. The lowest BCUT2D eigenvalue weighted by Gasteiger charge is -2.11. The lowest BCUT2D eigenvalue weighted by atomic mass is 10.2. The SMILES string of the molecule is NS(=O)(=O)c1cc(Cl)ccc1OCc1cccc(F)c1Br. The molecule has 112 valence electrons. The predicted molar refractivity (Wildman–Crippen MR) is 81.3 cm³/mol. The average molecular weight is 395 g/mol. The van der Waals surface area contributed by atoms with Crippen molar-refractivity contribution in [2.45, 2.75) is 11.5 Å². The van der Waals surface area contributed by atoms with E-state index in [4.69, 9.17) is 21.5 Å². The Kier molecular flexibility index (Phi) is 4.88. The Labute approximate surface area is 134 Å². The van der Waals surface area contributed by atoms with E-state index >= 15 is 0 Å². The summed E-state index contributed by atoms with van der Waals surface area (Å²) in [6.45, 7) is -0.0253. The van der Waals surface area contributed by atoms with E-state index in [1.807, 2.05) is 0 Å². The van der Waals surface area contributed by atoms with Crippen molar-refractivity contribution < 1.29 is 17.5 Å². The van der Waals surface area contributed by atoms with Crippen molar-refractivity contribution in [3.63, 3.8) is 0 Å². The van der Waals surface area contributed by atoms with Crippen molar-refractivity contribution >= 4 is 37.6 Å². The minimum Gasteiger partial charge on any atom is -0.487 e. The van der Waals surface area contributed by atoms with Gasteiger partial charge < -0.3 is 4.74 Å². The van der Waals surface area contributed by atoms with Gasteiger partial charge in [-0.05, 0) is 40.2 Å². The molecule has 0 fully saturated rings. The molecule has 0 aliphatic heterocycles. The van der Waals surface area contributed by atoms with Crippen LogP contribution < -0.4 is 9.88 Å². The van der Waals surface area contributed by atoms with E-state index in [-0.39, 0.29) is 26.7 Å². The molecule has 0 radical (unpaired) electrons. The van der Waals surface area contributed by atoms with Crippen LogP contribution in [0.5, 0.6) is 5.75 Å². The first-order chi connectivity index (χ1) is 9.79. The molecule has 2 N–H and O–H groups in total. The van der Waals surface area contributed by atoms with Gasteiger partial charge in [0.1, 0.15) is 23.1 Å². The lowest BCUT2D eigenvalue weighted by molar-refractivity contribution is 0.296. The molecule has 0 saturated heterocycles. The summed E-state index contributed by atoms with van der Waals surface area (Å²) in [5.74, 6) is -0.378. The fraction of sp³-hybridized carbons (Fsp3) is 0.0769. The summed E-state index contributed by atoms with van der Waals surface area (Å²) in [5.41, 5.74) is 0.533. The Morgan fingerprint density at radius 2 is 2.00 bits per heavy atom. The van der Waals surface area contributed by atoms with Gasteiger partial charge in [-0.3, -0.25) is 0 Å². The Morgan fingerprint density at radius 3 is 2.67 bits per heavy atom. The molecule has 0 spiro atoms. The Bertz CT molecular complexity index is 783. The Hall–Kier alpha value is -1.15. The third-order valence-corrected chi connectivity index (χ3v) is 4.68. The molecular weight excluding hydrogens is 385 g/mol. The summed E-state index contributed by atoms with van der Waals surface area (Å²) in [7, 11) is -3.97. The van der Waals surface area contributed by atoms with Gasteiger partial charge in [0.25, 0.3) is 0 Å². The number of ether oxygens (including phenoxy) is 1. The minimum atomic E-state index is -3.97. The van der Waals surface area contributed by atoms with Crippen LogP contribution in [-0.4, -0.2) is 8.42 Å². The van der Waals surface area contributed by atoms with Gasteiger partial charge in [0.15, 0.2) is 0 Å². The molecule has 2 rings (SSSR count). The molecule has 0 saturated carbocycles. The zero-order valence-electron chi connectivity index (χ0n) is 10.5. The monoisotopic (exact) mass is 393 g/mol. The van der Waals surface area contributed by atoms with Crippen molar-refractivity contribution in [3.05, 3.63) is 57.3 Å². The van der Waals surface area contributed by atoms with E-state index in [2.05, 4.69) is 15.9 Å². The number of sulfonamides is 1. The van der Waals surface area contributed by atoms with Crippen molar-refractivity contribution in [2.75, 3.05) is 0 Å². The highest BCUT2D eigenvalue weighted by Gasteiger charge is 2.16. The first-order valence-electron chi connectivity index (χ1n) is 5.67. The fourth-order valence-corrected chi connectivity index (χ4v) is 2.95. The van der Waals surface area contributed by atoms with Crippen LogP contribution in [0.15, 0.2) is 45.8 Å². The summed E-state index contributed by atoms with van der Waals surface area (Å²) in [5, 5.41) is 5.33. The normalized spacial score (nSPS) is 11.4. The third kappa shape index (κ3) is 3.94. The quantitative estimate of drug-likeness (QED) is 0.863. The molecule has 0 amide bonds. The average Bonchev–Trinajstić information content (AvgIpc) is 2.40. The van der Waals surface area contributed by atoms with Crippen LogP contribution in [0.25, 0.3) is 0 Å². The molecule has 0 aliphatic carbocycles. The molecule has 2 aromatic carbocycles. The van der Waals surface area contributed by atoms with Crippen LogP contribution in [0.1, 0.15) is 5.56 Å². The van der Waals surface area contributed by atoms with Crippen molar-refractivity contribution in [1.29, 1.82) is 0 Å². The standard InChI is InChI=1S/C13H10BrClFNO3S/c14-13-8(2-1-3-10(13)16)7-20-11-5-4-9(15)6-12(11)21(17,18)19/h1-6H,7H2,(H2,17,18,19). The summed E-state index contributed by atoms with van der Waals surface area (Å²) >= 11 is 8.86. The van der Waals surface area contributed by atoms with E-state index in [1.54, 1.807) is 6.07 Å². The number of benzene rings is 2. The van der Waals surface area contributed by atoms with Gasteiger partial charge in [-0.25, -0.2) is 17.9 Å². The molecule has 4 nitrogen and oxygen atoms in total. The van der Waals surface area contributed by atoms with Crippen molar-refractivity contribution in [1.82, 2.24) is 0 Å². The highest BCUT2D eigenvalue weighted by atomic mass is 79.9. The molecule has 2 aromatic rings. The number of hydrogen-bond donors (Lipinski definition) is 1. The second-order valence-electron chi connectivity index (χ2n) is 4.14. The van der Waals surface area contributed by atoms with Gasteiger partial charge in [0.2, 0.25) is 10.0 Å². The second kappa shape index (κ2) is 6.31. The van der Waals surface area contributed by atoms with Gasteiger partial charge in [-0.1, -0.05) is 23.7 Å². The van der Waals surface area contributed by atoms with E-state index in [0.29, 0.717) is 5.56 Å². The third-order valence-electron chi connectivity index (χ3n) is 2.63. The maximum Gasteiger partial charge on any atom is 0.241 e. The van der Waals surface area contributed by atoms with Gasteiger partial charge in [-0.2, -0.15) is 0 Å². The van der Waals surface area contributed by atoms with Crippen molar-refractivity contribution in [2.24, 2.45) is 5.14 Å². The minimum absolute atomic E-state index is 0.0253. The first kappa shape index (κ1) is 16.2. The van der Waals surface area contributed by atoms with Crippen LogP contribution >= 0.6 is 27.5 Å². The number of nitrogens with two attached hydrogens (primary N) is 1. The van der Waals surface area contributed by atoms with Gasteiger partial charge >= 0.3 is 0 Å². The molecule has 8 heteroatoms. The van der Waals surface area contributed by atoms with E-state index < -0.39 is 15.8 Å². The zero-order valence-corrected chi connectivity index (χ0v) is 13.7. The number of rotatable bonds is 4. The van der Waals surface area contributed by atoms with Crippen molar-refractivity contribution in [3.8, 4) is 5.75 Å². The van der Waals surface area contributed by atoms with Crippen LogP contribution in [0.4, 0.5) is 4.39 Å². The Balaban J connectivity index is 2.31. The number of hydrogen-bond acceptors (Lipinski definition) is 3. The molecule has 0 aromatic heterocycles. The van der Waals surface area contributed by atoms with Crippen LogP contribution in [0, 0.1) is 5.82 Å². The van der Waals surface area contributed by atoms with Crippen LogP contribution in [0.2, 0.25) is 5.02 Å². The summed E-state index contributed by atoms with van der Waals surface area (Å²) in [6, 6.07) is 8.56. The smallest absolute Gasteiger partial charge is 0.241 e. The molecule has 0 aliphatic rings. The molecule has 0 heterocycles. The second-order valence-corrected chi connectivity index (χ2v) is 6.90. The molecule has 0 unspecified atom stereocenters. The Morgan fingerprint density at radius 1 is 1.29 bits per heavy atom. The highest BCUT2D eigenvalue weighted by Crippen LogP contribution is 2.28. The largest absolute Gasteiger partial charge is 0.487 e. The summed E-state index contributed by atoms with van der Waals surface area (Å²) < 4.78 is 42.1. The molecule has 21 heavy (non-hydrogen) atoms. The van der Waals surface area contributed by atoms with Gasteiger partial charge in [0.05, 0.1) is 4.47 Å². The predicted octanol–water partition coefficient (Wildman–Crippen LogP) is 3.47. The lowest BCUT2D eigenvalue weighted by Crippen LogP contribution is -2.14. The van der Waals surface area contributed by atoms with E-state index in [0.717, 1.165) is 0 Å². The molecular formula is C13H10BrClFNO3S. The zero-order chi connectivity index (χ0) is 15.6. The maximum atomic E-state index is 13.4.